The smallest absolute Gasteiger partial charge is 0.0831 e. The first-order valence-electron chi connectivity index (χ1n) is 4.74. The number of hydrogen-bond donors (Lipinski definition) is 3. The maximum Gasteiger partial charge on any atom is 0.0831 e. The number of nitrogens with two attached hydrogens (primary N) is 1. The zero-order valence-corrected chi connectivity index (χ0v) is 8.46. The first-order valence-corrected chi connectivity index (χ1v) is 4.74. The van der Waals surface area contributed by atoms with E-state index in [9.17, 15) is 0 Å². The lowest BCUT2D eigenvalue weighted by Crippen LogP contribution is -2.25. The summed E-state index contributed by atoms with van der Waals surface area (Å²) in [4.78, 5) is 3.32. The summed E-state index contributed by atoms with van der Waals surface area (Å²) < 4.78 is 0. The molecule has 3 nitrogen and oxygen atoms in total. The minimum absolute atomic E-state index is 0.105. The van der Waals surface area contributed by atoms with Gasteiger partial charge in [0.25, 0.3) is 0 Å². The lowest BCUT2D eigenvalue weighted by Gasteiger charge is -2.10. The van der Waals surface area contributed by atoms with Crippen molar-refractivity contribution in [3.8, 4) is 0 Å². The summed E-state index contributed by atoms with van der Waals surface area (Å²) in [6, 6.07) is 8.20. The van der Waals surface area contributed by atoms with Gasteiger partial charge in [0.05, 0.1) is 6.17 Å². The molecule has 0 spiro atoms. The topological polar surface area (TPSA) is 53.8 Å². The fraction of sp³-hybridized carbons (Fsp3) is 0.273. The normalized spacial score (nSPS) is 13.4. The summed E-state index contributed by atoms with van der Waals surface area (Å²) in [6.07, 6.45) is -0.105. The maximum absolute atomic E-state index is 5.97. The number of para-hydroxylation sites is 1. The van der Waals surface area contributed by atoms with Gasteiger partial charge in [-0.3, -0.25) is 0 Å². The van der Waals surface area contributed by atoms with Gasteiger partial charge < -0.3 is 16.0 Å². The van der Waals surface area contributed by atoms with Crippen LogP contribution in [0.4, 0.5) is 0 Å². The molecule has 0 saturated heterocycles. The molecule has 1 heterocycles. The van der Waals surface area contributed by atoms with E-state index in [1.165, 1.54) is 5.39 Å². The Balaban J connectivity index is 2.67. The number of nitrogens with one attached hydrogen (secondary N) is 2. The summed E-state index contributed by atoms with van der Waals surface area (Å²) >= 11 is 0. The Morgan fingerprint density at radius 2 is 2.07 bits per heavy atom. The zero-order valence-electron chi connectivity index (χ0n) is 8.46. The first-order chi connectivity index (χ1) is 6.74. The Morgan fingerprint density at radius 3 is 2.79 bits per heavy atom. The van der Waals surface area contributed by atoms with Crippen molar-refractivity contribution < 1.29 is 0 Å². The average Bonchev–Trinajstić information content (AvgIpc) is 2.53. The molecular formula is C11H15N3. The third-order valence-electron chi connectivity index (χ3n) is 2.57. The Kier molecular flexibility index (Phi) is 2.27. The van der Waals surface area contributed by atoms with Crippen molar-refractivity contribution in [3.63, 3.8) is 0 Å². The molecule has 14 heavy (non-hydrogen) atoms. The van der Waals surface area contributed by atoms with Gasteiger partial charge in [0, 0.05) is 22.2 Å². The Bertz CT molecular complexity index is 445. The van der Waals surface area contributed by atoms with Crippen LogP contribution in [0.3, 0.4) is 0 Å². The van der Waals surface area contributed by atoms with Crippen molar-refractivity contribution >= 4 is 10.9 Å². The quantitative estimate of drug-likeness (QED) is 0.629. The molecule has 1 atom stereocenters. The van der Waals surface area contributed by atoms with Gasteiger partial charge in [-0.2, -0.15) is 0 Å². The highest BCUT2D eigenvalue weighted by Gasteiger charge is 2.12. The van der Waals surface area contributed by atoms with Gasteiger partial charge in [-0.1, -0.05) is 18.2 Å². The molecule has 2 rings (SSSR count). The Hall–Kier alpha value is -1.32. The number of aromatic amines is 1. The van der Waals surface area contributed by atoms with Gasteiger partial charge in [0.1, 0.15) is 0 Å². The lowest BCUT2D eigenvalue weighted by atomic mass is 10.1. The second kappa shape index (κ2) is 3.44. The predicted octanol–water partition coefficient (Wildman–Crippen LogP) is 1.65. The molecule has 0 aliphatic rings. The van der Waals surface area contributed by atoms with Crippen LogP contribution in [0.25, 0.3) is 10.9 Å². The van der Waals surface area contributed by atoms with Gasteiger partial charge in [-0.15, -0.1) is 0 Å². The van der Waals surface area contributed by atoms with Gasteiger partial charge in [0.2, 0.25) is 0 Å². The SMILES string of the molecule is CNC(N)c1c(C)[nH]c2ccccc12. The van der Waals surface area contributed by atoms with Crippen LogP contribution < -0.4 is 11.1 Å². The molecule has 0 fully saturated rings. The molecule has 0 amide bonds. The van der Waals surface area contributed by atoms with Crippen LogP contribution in [0, 0.1) is 6.92 Å². The van der Waals surface area contributed by atoms with Crippen molar-refractivity contribution in [3.05, 3.63) is 35.5 Å². The maximum atomic E-state index is 5.97. The number of fused-ring (bicyclic) bond motifs is 1. The predicted molar refractivity (Wildman–Crippen MR) is 59.0 cm³/mol. The molecule has 0 bridgehead atoms. The van der Waals surface area contributed by atoms with Crippen LogP contribution in [-0.4, -0.2) is 12.0 Å². The highest BCUT2D eigenvalue weighted by atomic mass is 15.0. The second-order valence-corrected chi connectivity index (χ2v) is 3.48. The van der Waals surface area contributed by atoms with E-state index in [0.29, 0.717) is 0 Å². The third-order valence-corrected chi connectivity index (χ3v) is 2.57. The molecule has 2 aromatic rings. The third kappa shape index (κ3) is 1.31. The van der Waals surface area contributed by atoms with Gasteiger partial charge in [-0.25, -0.2) is 0 Å². The number of hydrogen-bond acceptors (Lipinski definition) is 2. The monoisotopic (exact) mass is 189 g/mol. The van der Waals surface area contributed by atoms with Crippen LogP contribution in [0.1, 0.15) is 17.4 Å². The molecular weight excluding hydrogens is 174 g/mol. The molecule has 74 valence electrons. The van der Waals surface area contributed by atoms with E-state index in [-0.39, 0.29) is 6.17 Å². The van der Waals surface area contributed by atoms with Crippen molar-refractivity contribution in [2.45, 2.75) is 13.1 Å². The molecule has 1 unspecified atom stereocenters. The van der Waals surface area contributed by atoms with Crippen LogP contribution >= 0.6 is 0 Å². The van der Waals surface area contributed by atoms with Crippen LogP contribution in [-0.2, 0) is 0 Å². The molecule has 1 aromatic heterocycles. The van der Waals surface area contributed by atoms with Crippen LogP contribution in [0.5, 0.6) is 0 Å². The summed E-state index contributed by atoms with van der Waals surface area (Å²) in [5.74, 6) is 0. The number of aromatic nitrogens is 1. The zero-order chi connectivity index (χ0) is 10.1. The summed E-state index contributed by atoms with van der Waals surface area (Å²) in [5, 5.41) is 4.26. The van der Waals surface area contributed by atoms with E-state index in [1.807, 2.05) is 26.1 Å². The van der Waals surface area contributed by atoms with E-state index >= 15 is 0 Å². The highest BCUT2D eigenvalue weighted by molar-refractivity contribution is 5.84. The molecule has 0 saturated carbocycles. The van der Waals surface area contributed by atoms with Crippen LogP contribution in [0.2, 0.25) is 0 Å². The molecule has 0 aliphatic carbocycles. The van der Waals surface area contributed by atoms with Gasteiger partial charge >= 0.3 is 0 Å². The summed E-state index contributed by atoms with van der Waals surface area (Å²) in [7, 11) is 1.87. The first kappa shape index (κ1) is 9.24. The van der Waals surface area contributed by atoms with Crippen molar-refractivity contribution in [2.75, 3.05) is 7.05 Å². The lowest BCUT2D eigenvalue weighted by molar-refractivity contribution is 0.623. The fourth-order valence-electron chi connectivity index (χ4n) is 1.84. The standard InChI is InChI=1S/C11H15N3/c1-7-10(11(12)13-2)8-5-3-4-6-9(8)14-7/h3-6,11,13-14H,12H2,1-2H3. The molecule has 4 N–H and O–H groups in total. The minimum atomic E-state index is -0.105. The van der Waals surface area contributed by atoms with E-state index in [2.05, 4.69) is 22.4 Å². The van der Waals surface area contributed by atoms with E-state index < -0.39 is 0 Å². The number of rotatable bonds is 2. The summed E-state index contributed by atoms with van der Waals surface area (Å²) in [5.41, 5.74) is 9.41. The fourth-order valence-corrected chi connectivity index (χ4v) is 1.84. The van der Waals surface area contributed by atoms with E-state index in [1.54, 1.807) is 0 Å². The summed E-state index contributed by atoms with van der Waals surface area (Å²) in [6.45, 7) is 2.05. The van der Waals surface area contributed by atoms with E-state index in [0.717, 1.165) is 16.8 Å². The number of aryl methyl sites for hydroxylation is 1. The van der Waals surface area contributed by atoms with E-state index in [4.69, 9.17) is 5.73 Å². The van der Waals surface area contributed by atoms with Crippen LogP contribution in [0.15, 0.2) is 24.3 Å². The largest absolute Gasteiger partial charge is 0.358 e. The van der Waals surface area contributed by atoms with Crippen molar-refractivity contribution in [1.82, 2.24) is 10.3 Å². The van der Waals surface area contributed by atoms with Gasteiger partial charge in [0.15, 0.2) is 0 Å². The van der Waals surface area contributed by atoms with Crippen molar-refractivity contribution in [1.29, 1.82) is 0 Å². The second-order valence-electron chi connectivity index (χ2n) is 3.48. The Labute approximate surface area is 83.3 Å². The van der Waals surface area contributed by atoms with Gasteiger partial charge in [-0.05, 0) is 20.0 Å². The molecule has 3 heteroatoms. The highest BCUT2D eigenvalue weighted by Crippen LogP contribution is 2.24. The Morgan fingerprint density at radius 1 is 1.36 bits per heavy atom. The molecule has 1 aromatic carbocycles. The number of benzene rings is 1. The average molecular weight is 189 g/mol. The minimum Gasteiger partial charge on any atom is -0.358 e. The molecule has 0 aliphatic heterocycles. The number of H-pyrrole nitrogens is 1. The molecule has 0 radical (unpaired) electrons. The van der Waals surface area contributed by atoms with Crippen molar-refractivity contribution in [2.24, 2.45) is 5.73 Å².